The van der Waals surface area contributed by atoms with Gasteiger partial charge in [-0.1, -0.05) is 32.0 Å². The van der Waals surface area contributed by atoms with Crippen molar-refractivity contribution in [2.24, 2.45) is 17.3 Å². The summed E-state index contributed by atoms with van der Waals surface area (Å²) in [5.74, 6) is -2.35. The van der Waals surface area contributed by atoms with E-state index < -0.39 is 30.8 Å². The summed E-state index contributed by atoms with van der Waals surface area (Å²) in [5, 5.41) is 0.825. The van der Waals surface area contributed by atoms with E-state index in [0.29, 0.717) is 11.5 Å². The van der Waals surface area contributed by atoms with Crippen molar-refractivity contribution in [3.05, 3.63) is 36.1 Å². The minimum absolute atomic E-state index is 0.121. The molecule has 32 heavy (non-hydrogen) atoms. The SMILES string of the molecule is CC1(C)[C@@H]2C[C@H]3OB(C(Cc4coc5ccccc45)NOC(=O)C(F)(F)F)O[C@@]3(C)[C@H]1C2. The molecule has 2 bridgehead atoms. The fraction of sp³-hybridized carbons (Fsp3) is 0.591. The largest absolute Gasteiger partial charge is 0.492 e. The Bertz CT molecular complexity index is 1040. The topological polar surface area (TPSA) is 69.9 Å². The lowest BCUT2D eigenvalue weighted by atomic mass is 9.43. The number of para-hydroxylation sites is 1. The van der Waals surface area contributed by atoms with Crippen molar-refractivity contribution >= 4 is 24.1 Å². The number of hydrogen-bond donors (Lipinski definition) is 1. The Labute approximate surface area is 183 Å². The lowest BCUT2D eigenvalue weighted by molar-refractivity contribution is -0.207. The highest BCUT2D eigenvalue weighted by Crippen LogP contribution is 2.65. The number of halogens is 3. The van der Waals surface area contributed by atoms with Gasteiger partial charge in [-0.15, -0.1) is 0 Å². The lowest BCUT2D eigenvalue weighted by Crippen LogP contribution is -2.65. The predicted octanol–water partition coefficient (Wildman–Crippen LogP) is 4.22. The Balaban J connectivity index is 1.39. The molecule has 4 aliphatic rings. The van der Waals surface area contributed by atoms with Gasteiger partial charge in [0.2, 0.25) is 0 Å². The molecule has 4 fully saturated rings. The zero-order valence-corrected chi connectivity index (χ0v) is 18.1. The van der Waals surface area contributed by atoms with Gasteiger partial charge in [0, 0.05) is 5.39 Å². The molecule has 3 saturated carbocycles. The molecule has 6 nitrogen and oxygen atoms in total. The number of carbonyl (C=O) groups excluding carboxylic acids is 1. The van der Waals surface area contributed by atoms with Crippen molar-refractivity contribution in [3.63, 3.8) is 0 Å². The lowest BCUT2D eigenvalue weighted by Gasteiger charge is -2.64. The number of furan rings is 1. The number of hydrogen-bond acceptors (Lipinski definition) is 6. The predicted molar refractivity (Wildman–Crippen MR) is 109 cm³/mol. The van der Waals surface area contributed by atoms with Crippen LogP contribution in [0.4, 0.5) is 13.2 Å². The monoisotopic (exact) mass is 451 g/mol. The van der Waals surface area contributed by atoms with Crippen LogP contribution in [0.3, 0.4) is 0 Å². The molecule has 2 aromatic rings. The third-order valence-electron chi connectivity index (χ3n) is 7.83. The van der Waals surface area contributed by atoms with Gasteiger partial charge >= 0.3 is 19.3 Å². The Hall–Kier alpha value is -2.04. The van der Waals surface area contributed by atoms with Crippen molar-refractivity contribution in [2.45, 2.75) is 63.9 Å². The first-order chi connectivity index (χ1) is 15.0. The van der Waals surface area contributed by atoms with Gasteiger partial charge in [-0.2, -0.15) is 18.7 Å². The number of hydroxylamine groups is 1. The maximum absolute atomic E-state index is 12.7. The van der Waals surface area contributed by atoms with Crippen molar-refractivity contribution in [1.82, 2.24) is 5.48 Å². The van der Waals surface area contributed by atoms with Crippen LogP contribution >= 0.6 is 0 Å². The van der Waals surface area contributed by atoms with E-state index in [2.05, 4.69) is 24.2 Å². The molecular weight excluding hydrogens is 426 g/mol. The Kier molecular flexibility index (Phi) is 4.93. The Morgan fingerprint density at radius 2 is 2.03 bits per heavy atom. The molecular formula is C22H25BF3NO5. The van der Waals surface area contributed by atoms with E-state index in [9.17, 15) is 18.0 Å². The van der Waals surface area contributed by atoms with Crippen LogP contribution in [-0.2, 0) is 25.4 Å². The van der Waals surface area contributed by atoms with Crippen molar-refractivity contribution < 1.29 is 36.5 Å². The molecule has 1 aromatic heterocycles. The van der Waals surface area contributed by atoms with Crippen LogP contribution < -0.4 is 5.48 Å². The zero-order chi connectivity index (χ0) is 22.9. The first-order valence-corrected chi connectivity index (χ1v) is 10.8. The van der Waals surface area contributed by atoms with Gasteiger partial charge < -0.3 is 18.6 Å². The van der Waals surface area contributed by atoms with E-state index in [0.717, 1.165) is 23.8 Å². The molecule has 1 saturated heterocycles. The second-order valence-electron chi connectivity index (χ2n) is 9.91. The normalized spacial score (nSPS) is 31.8. The van der Waals surface area contributed by atoms with Gasteiger partial charge in [0.25, 0.3) is 0 Å². The Morgan fingerprint density at radius 1 is 1.28 bits per heavy atom. The molecule has 0 radical (unpaired) electrons. The molecule has 172 valence electrons. The fourth-order valence-corrected chi connectivity index (χ4v) is 5.88. The van der Waals surface area contributed by atoms with Crippen LogP contribution in [0.5, 0.6) is 0 Å². The molecule has 6 rings (SSSR count). The molecule has 0 amide bonds. The highest BCUT2D eigenvalue weighted by atomic mass is 19.4. The number of fused-ring (bicyclic) bond motifs is 1. The molecule has 10 heteroatoms. The van der Waals surface area contributed by atoms with Gasteiger partial charge in [-0.05, 0) is 55.1 Å². The van der Waals surface area contributed by atoms with Crippen molar-refractivity contribution in [3.8, 4) is 0 Å². The third kappa shape index (κ3) is 3.35. The summed E-state index contributed by atoms with van der Waals surface area (Å²) in [6, 6.07) is 7.35. The van der Waals surface area contributed by atoms with Crippen LogP contribution in [-0.4, -0.2) is 36.9 Å². The third-order valence-corrected chi connectivity index (χ3v) is 7.83. The molecule has 3 aliphatic carbocycles. The van der Waals surface area contributed by atoms with Crippen LogP contribution in [0.2, 0.25) is 0 Å². The van der Waals surface area contributed by atoms with Gasteiger partial charge in [0.05, 0.1) is 23.9 Å². The zero-order valence-electron chi connectivity index (χ0n) is 18.1. The number of carbonyl (C=O) groups is 1. The summed E-state index contributed by atoms with van der Waals surface area (Å²) < 4.78 is 56.3. The number of alkyl halides is 3. The van der Waals surface area contributed by atoms with E-state index in [1.807, 2.05) is 25.1 Å². The van der Waals surface area contributed by atoms with E-state index in [1.54, 1.807) is 12.3 Å². The molecule has 1 aromatic carbocycles. The molecule has 1 aliphatic heterocycles. The quantitative estimate of drug-likeness (QED) is 0.543. The number of rotatable bonds is 5. The molecule has 2 heterocycles. The van der Waals surface area contributed by atoms with Gasteiger partial charge in [0.15, 0.2) is 0 Å². The fourth-order valence-electron chi connectivity index (χ4n) is 5.88. The first kappa shape index (κ1) is 21.8. The summed E-state index contributed by atoms with van der Waals surface area (Å²) in [4.78, 5) is 15.7. The number of benzene rings is 1. The molecule has 0 spiro atoms. The van der Waals surface area contributed by atoms with Crippen molar-refractivity contribution in [2.75, 3.05) is 0 Å². The molecule has 1 N–H and O–H groups in total. The maximum Gasteiger partial charge on any atom is 0.492 e. The summed E-state index contributed by atoms with van der Waals surface area (Å²) in [6.45, 7) is 6.47. The van der Waals surface area contributed by atoms with E-state index in [1.165, 1.54) is 0 Å². The van der Waals surface area contributed by atoms with E-state index in [-0.39, 0.29) is 23.9 Å². The van der Waals surface area contributed by atoms with Gasteiger partial charge in [0.1, 0.15) is 5.58 Å². The Morgan fingerprint density at radius 3 is 2.75 bits per heavy atom. The maximum atomic E-state index is 12.7. The standard InChI is InChI=1S/C22H25BF3NO5/c1-20(2)13-9-16(20)21(3)17(10-13)30-23(32-21)18(27-31-19(28)22(24,25)26)8-12-11-29-15-7-5-4-6-14(12)15/h4-7,11,13,16-18,27H,8-10H2,1-3H3/t13-,16-,17+,18?,21-/m0/s1. The van der Waals surface area contributed by atoms with E-state index >= 15 is 0 Å². The molecule has 1 unspecified atom stereocenters. The van der Waals surface area contributed by atoms with E-state index in [4.69, 9.17) is 13.7 Å². The smallest absolute Gasteiger partial charge is 0.464 e. The minimum Gasteiger partial charge on any atom is -0.464 e. The first-order valence-electron chi connectivity index (χ1n) is 10.8. The van der Waals surface area contributed by atoms with Crippen LogP contribution in [0.1, 0.15) is 39.2 Å². The van der Waals surface area contributed by atoms with Crippen LogP contribution in [0, 0.1) is 17.3 Å². The van der Waals surface area contributed by atoms with Gasteiger partial charge in [-0.25, -0.2) is 4.79 Å². The molecule has 5 atom stereocenters. The number of nitrogens with one attached hydrogen (secondary N) is 1. The average Bonchev–Trinajstić information content (AvgIpc) is 3.30. The second-order valence-corrected chi connectivity index (χ2v) is 9.91. The van der Waals surface area contributed by atoms with Crippen LogP contribution in [0.25, 0.3) is 11.0 Å². The minimum atomic E-state index is -5.11. The highest BCUT2D eigenvalue weighted by molar-refractivity contribution is 6.47. The highest BCUT2D eigenvalue weighted by Gasteiger charge is 2.68. The van der Waals surface area contributed by atoms with Crippen LogP contribution in [0.15, 0.2) is 34.9 Å². The summed E-state index contributed by atoms with van der Waals surface area (Å²) in [5.41, 5.74) is 3.27. The summed E-state index contributed by atoms with van der Waals surface area (Å²) in [6.07, 6.45) is -1.65. The van der Waals surface area contributed by atoms with Gasteiger partial charge in [-0.3, -0.25) is 0 Å². The van der Waals surface area contributed by atoms with Crippen molar-refractivity contribution in [1.29, 1.82) is 0 Å². The second kappa shape index (κ2) is 7.23. The average molecular weight is 451 g/mol. The summed E-state index contributed by atoms with van der Waals surface area (Å²) >= 11 is 0. The summed E-state index contributed by atoms with van der Waals surface area (Å²) in [7, 11) is -0.880.